The lowest BCUT2D eigenvalue weighted by molar-refractivity contribution is -0.136. The van der Waals surface area contributed by atoms with Crippen molar-refractivity contribution in [2.24, 2.45) is 0 Å². The van der Waals surface area contributed by atoms with E-state index in [0.717, 1.165) is 11.2 Å². The normalized spacial score (nSPS) is 10.5. The van der Waals surface area contributed by atoms with E-state index < -0.39 is 5.97 Å². The first kappa shape index (κ1) is 10.3. The molecule has 0 unspecified atom stereocenters. The summed E-state index contributed by atoms with van der Waals surface area (Å²) in [5, 5.41) is 11.4. The first-order valence-electron chi connectivity index (χ1n) is 4.83. The maximum atomic E-state index is 11.0. The van der Waals surface area contributed by atoms with Gasteiger partial charge in [-0.15, -0.1) is 0 Å². The van der Waals surface area contributed by atoms with Crippen molar-refractivity contribution in [1.82, 2.24) is 9.97 Å². The Labute approximate surface area is 90.3 Å². The number of carboxylic acid groups (broad SMARTS) is 1. The molecule has 6 heteroatoms. The largest absolute Gasteiger partial charge is 0.481 e. The average Bonchev–Trinajstić information content (AvgIpc) is 2.56. The Hall–Kier alpha value is -2.24. The lowest BCUT2D eigenvalue weighted by Gasteiger charge is -2.03. The van der Waals surface area contributed by atoms with Gasteiger partial charge in [-0.05, 0) is 18.2 Å². The van der Waals surface area contributed by atoms with Crippen LogP contribution in [0, 0.1) is 0 Å². The first-order valence-corrected chi connectivity index (χ1v) is 4.83. The zero-order valence-corrected chi connectivity index (χ0v) is 8.41. The van der Waals surface area contributed by atoms with Gasteiger partial charge in [0.05, 0.1) is 17.5 Å². The van der Waals surface area contributed by atoms with Crippen molar-refractivity contribution in [3.05, 3.63) is 28.7 Å². The molecule has 16 heavy (non-hydrogen) atoms. The van der Waals surface area contributed by atoms with Crippen molar-refractivity contribution in [1.29, 1.82) is 0 Å². The second-order valence-electron chi connectivity index (χ2n) is 3.41. The average molecular weight is 221 g/mol. The van der Waals surface area contributed by atoms with Gasteiger partial charge in [0, 0.05) is 12.2 Å². The number of benzene rings is 1. The van der Waals surface area contributed by atoms with Crippen LogP contribution in [0.2, 0.25) is 0 Å². The molecule has 0 atom stereocenters. The third-order valence-electron chi connectivity index (χ3n) is 2.18. The molecule has 0 saturated carbocycles. The zero-order chi connectivity index (χ0) is 11.5. The van der Waals surface area contributed by atoms with Crippen LogP contribution in [0.25, 0.3) is 11.0 Å². The molecule has 84 valence electrons. The Morgan fingerprint density at radius 3 is 2.81 bits per heavy atom. The summed E-state index contributed by atoms with van der Waals surface area (Å²) in [7, 11) is 0. The van der Waals surface area contributed by atoms with Crippen molar-refractivity contribution in [2.75, 3.05) is 11.9 Å². The van der Waals surface area contributed by atoms with Crippen LogP contribution in [0.5, 0.6) is 0 Å². The highest BCUT2D eigenvalue weighted by atomic mass is 16.4. The van der Waals surface area contributed by atoms with Gasteiger partial charge in [0.2, 0.25) is 0 Å². The van der Waals surface area contributed by atoms with Crippen LogP contribution in [-0.4, -0.2) is 27.6 Å². The number of nitrogens with one attached hydrogen (secondary N) is 3. The molecule has 0 radical (unpaired) electrons. The molecule has 0 fully saturated rings. The van der Waals surface area contributed by atoms with Crippen molar-refractivity contribution in [2.45, 2.75) is 6.42 Å². The molecule has 1 aromatic heterocycles. The number of aliphatic carboxylic acids is 1. The Bertz CT molecular complexity index is 570. The quantitative estimate of drug-likeness (QED) is 0.612. The van der Waals surface area contributed by atoms with Crippen LogP contribution in [0.1, 0.15) is 6.42 Å². The molecular formula is C10H11N3O3. The van der Waals surface area contributed by atoms with Gasteiger partial charge < -0.3 is 20.4 Å². The minimum Gasteiger partial charge on any atom is -0.481 e. The van der Waals surface area contributed by atoms with E-state index in [9.17, 15) is 9.59 Å². The first-order chi connectivity index (χ1) is 7.65. The molecule has 4 N–H and O–H groups in total. The van der Waals surface area contributed by atoms with E-state index in [1.165, 1.54) is 0 Å². The van der Waals surface area contributed by atoms with Crippen molar-refractivity contribution < 1.29 is 9.90 Å². The van der Waals surface area contributed by atoms with Crippen molar-refractivity contribution in [3.63, 3.8) is 0 Å². The van der Waals surface area contributed by atoms with E-state index in [2.05, 4.69) is 15.3 Å². The Kier molecular flexibility index (Phi) is 2.63. The number of imidazole rings is 1. The molecule has 6 nitrogen and oxygen atoms in total. The van der Waals surface area contributed by atoms with Gasteiger partial charge in [-0.25, -0.2) is 4.79 Å². The summed E-state index contributed by atoms with van der Waals surface area (Å²) in [6, 6.07) is 5.30. The minimum atomic E-state index is -0.844. The highest BCUT2D eigenvalue weighted by Crippen LogP contribution is 2.14. The molecule has 0 amide bonds. The SMILES string of the molecule is O=C(O)CCNc1ccc2[nH]c(=O)[nH]c2c1. The van der Waals surface area contributed by atoms with Crippen LogP contribution >= 0.6 is 0 Å². The molecule has 0 bridgehead atoms. The molecule has 1 heterocycles. The van der Waals surface area contributed by atoms with Crippen LogP contribution < -0.4 is 11.0 Å². The Balaban J connectivity index is 2.13. The number of H-pyrrole nitrogens is 2. The van der Waals surface area contributed by atoms with Crippen LogP contribution in [0.4, 0.5) is 5.69 Å². The molecule has 0 aliphatic heterocycles. The molecular weight excluding hydrogens is 210 g/mol. The molecule has 2 aromatic rings. The number of anilines is 1. The number of carbonyl (C=O) groups is 1. The molecule has 0 aliphatic rings. The summed E-state index contributed by atoms with van der Waals surface area (Å²) >= 11 is 0. The zero-order valence-electron chi connectivity index (χ0n) is 8.41. The highest BCUT2D eigenvalue weighted by molar-refractivity contribution is 5.78. The van der Waals surface area contributed by atoms with E-state index in [0.29, 0.717) is 12.1 Å². The molecule has 2 rings (SSSR count). The molecule has 1 aromatic carbocycles. The maximum Gasteiger partial charge on any atom is 0.323 e. The fourth-order valence-electron chi connectivity index (χ4n) is 1.46. The maximum absolute atomic E-state index is 11.0. The minimum absolute atomic E-state index is 0.0572. The summed E-state index contributed by atoms with van der Waals surface area (Å²) < 4.78 is 0. The third kappa shape index (κ3) is 2.22. The second-order valence-corrected chi connectivity index (χ2v) is 3.41. The number of hydrogen-bond acceptors (Lipinski definition) is 3. The summed E-state index contributed by atoms with van der Waals surface area (Å²) in [4.78, 5) is 26.6. The monoisotopic (exact) mass is 221 g/mol. The van der Waals surface area contributed by atoms with Gasteiger partial charge in [-0.2, -0.15) is 0 Å². The van der Waals surface area contributed by atoms with E-state index >= 15 is 0 Å². The number of hydrogen-bond donors (Lipinski definition) is 4. The van der Waals surface area contributed by atoms with Crippen LogP contribution in [0.3, 0.4) is 0 Å². The highest BCUT2D eigenvalue weighted by Gasteiger charge is 2.00. The molecule has 0 saturated heterocycles. The van der Waals surface area contributed by atoms with Gasteiger partial charge in [0.25, 0.3) is 0 Å². The molecule has 0 aliphatic carbocycles. The van der Waals surface area contributed by atoms with E-state index in [4.69, 9.17) is 5.11 Å². The summed E-state index contributed by atoms with van der Waals surface area (Å²) in [6.07, 6.45) is 0.0572. The van der Waals surface area contributed by atoms with Crippen LogP contribution in [0.15, 0.2) is 23.0 Å². The Morgan fingerprint density at radius 1 is 1.31 bits per heavy atom. The van der Waals surface area contributed by atoms with Crippen molar-refractivity contribution >= 4 is 22.7 Å². The number of rotatable bonds is 4. The van der Waals surface area contributed by atoms with Gasteiger partial charge in [-0.1, -0.05) is 0 Å². The summed E-state index contributed by atoms with van der Waals surface area (Å²) in [5.41, 5.74) is 1.96. The third-order valence-corrected chi connectivity index (χ3v) is 2.18. The second kappa shape index (κ2) is 4.09. The fourth-order valence-corrected chi connectivity index (χ4v) is 1.46. The Morgan fingerprint density at radius 2 is 2.06 bits per heavy atom. The topological polar surface area (TPSA) is 98.0 Å². The van der Waals surface area contributed by atoms with Gasteiger partial charge in [-0.3, -0.25) is 4.79 Å². The number of aromatic amines is 2. The predicted octanol–water partition coefficient (Wildman–Crippen LogP) is 0.743. The lowest BCUT2D eigenvalue weighted by atomic mass is 10.2. The van der Waals surface area contributed by atoms with Gasteiger partial charge in [0.15, 0.2) is 0 Å². The van der Waals surface area contributed by atoms with Crippen LogP contribution in [-0.2, 0) is 4.79 Å². The van der Waals surface area contributed by atoms with E-state index in [-0.39, 0.29) is 12.1 Å². The van der Waals surface area contributed by atoms with Gasteiger partial charge >= 0.3 is 11.7 Å². The van der Waals surface area contributed by atoms with E-state index in [1.54, 1.807) is 18.2 Å². The van der Waals surface area contributed by atoms with Crippen molar-refractivity contribution in [3.8, 4) is 0 Å². The van der Waals surface area contributed by atoms with Gasteiger partial charge in [0.1, 0.15) is 0 Å². The lowest BCUT2D eigenvalue weighted by Crippen LogP contribution is -2.07. The predicted molar refractivity (Wildman–Crippen MR) is 59.7 cm³/mol. The standard InChI is InChI=1S/C10H11N3O3/c14-9(15)3-4-11-6-1-2-7-8(5-6)13-10(16)12-7/h1-2,5,11H,3-4H2,(H,14,15)(H2,12,13,16). The summed E-state index contributed by atoms with van der Waals surface area (Å²) in [6.45, 7) is 0.357. The fraction of sp³-hybridized carbons (Fsp3) is 0.200. The number of aromatic nitrogens is 2. The summed E-state index contributed by atoms with van der Waals surface area (Å²) in [5.74, 6) is -0.844. The van der Waals surface area contributed by atoms with E-state index in [1.807, 2.05) is 0 Å². The molecule has 0 spiro atoms. The smallest absolute Gasteiger partial charge is 0.323 e. The number of fused-ring (bicyclic) bond motifs is 1. The number of carboxylic acids is 1.